The van der Waals surface area contributed by atoms with Gasteiger partial charge in [0.15, 0.2) is 6.10 Å². The smallest absolute Gasteiger partial charge is 0.265 e. The maximum Gasteiger partial charge on any atom is 0.265 e. The number of hydrogen-bond donors (Lipinski definition) is 2. The van der Waals surface area contributed by atoms with Crippen molar-refractivity contribution in [3.05, 3.63) is 58.6 Å². The molecule has 25 heavy (non-hydrogen) atoms. The first-order valence-electron chi connectivity index (χ1n) is 8.03. The molecule has 6 heteroatoms. The largest absolute Gasteiger partial charge is 0.481 e. The number of anilines is 1. The highest BCUT2D eigenvalue weighted by atomic mass is 35.5. The second kappa shape index (κ2) is 10.3. The number of para-hydroxylation sites is 1. The van der Waals surface area contributed by atoms with Crippen LogP contribution in [0.2, 0.25) is 5.02 Å². The van der Waals surface area contributed by atoms with Crippen LogP contribution >= 0.6 is 24.0 Å². The van der Waals surface area contributed by atoms with E-state index in [0.29, 0.717) is 17.3 Å². The van der Waals surface area contributed by atoms with Crippen molar-refractivity contribution in [1.29, 1.82) is 0 Å². The van der Waals surface area contributed by atoms with Crippen molar-refractivity contribution in [2.24, 2.45) is 0 Å². The van der Waals surface area contributed by atoms with Crippen molar-refractivity contribution in [3.63, 3.8) is 0 Å². The minimum Gasteiger partial charge on any atom is -0.481 e. The highest BCUT2D eigenvalue weighted by molar-refractivity contribution is 6.31. The van der Waals surface area contributed by atoms with E-state index >= 15 is 0 Å². The average molecular weight is 383 g/mol. The summed E-state index contributed by atoms with van der Waals surface area (Å²) in [5.74, 6) is 0.437. The highest BCUT2D eigenvalue weighted by Crippen LogP contribution is 2.22. The van der Waals surface area contributed by atoms with Gasteiger partial charge < -0.3 is 15.4 Å². The van der Waals surface area contributed by atoms with Crippen LogP contribution in [-0.2, 0) is 11.3 Å². The number of halogens is 2. The van der Waals surface area contributed by atoms with Gasteiger partial charge >= 0.3 is 0 Å². The van der Waals surface area contributed by atoms with Gasteiger partial charge in [0.2, 0.25) is 0 Å². The lowest BCUT2D eigenvalue weighted by molar-refractivity contribution is -0.122. The standard InChI is InChI=1S/C19H23ClN2O2.ClH/c1-4-21-12-15-7-5-6-8-18(15)22-19(23)14(3)24-16-9-10-17(20)13(2)11-16;/h5-11,14,21H,4,12H2,1-3H3,(H,22,23);1H. The number of nitrogens with one attached hydrogen (secondary N) is 2. The van der Waals surface area contributed by atoms with Gasteiger partial charge in [0, 0.05) is 17.3 Å². The Balaban J connectivity index is 0.00000312. The molecular weight excluding hydrogens is 359 g/mol. The van der Waals surface area contributed by atoms with Crippen molar-refractivity contribution >= 4 is 35.6 Å². The van der Waals surface area contributed by atoms with Gasteiger partial charge in [-0.05, 0) is 55.8 Å². The fourth-order valence-corrected chi connectivity index (χ4v) is 2.36. The number of rotatable bonds is 7. The SMILES string of the molecule is CCNCc1ccccc1NC(=O)C(C)Oc1ccc(Cl)c(C)c1.Cl. The first-order chi connectivity index (χ1) is 11.5. The lowest BCUT2D eigenvalue weighted by Gasteiger charge is -2.17. The van der Waals surface area contributed by atoms with Crippen LogP contribution < -0.4 is 15.4 Å². The number of amides is 1. The first kappa shape index (κ1) is 21.3. The first-order valence-corrected chi connectivity index (χ1v) is 8.41. The third-order valence-corrected chi connectivity index (χ3v) is 4.08. The van der Waals surface area contributed by atoms with Gasteiger partial charge in [-0.3, -0.25) is 4.79 Å². The lowest BCUT2D eigenvalue weighted by atomic mass is 10.1. The van der Waals surface area contributed by atoms with Gasteiger partial charge in [0.1, 0.15) is 5.75 Å². The minimum atomic E-state index is -0.613. The molecule has 2 N–H and O–H groups in total. The Morgan fingerprint density at radius 1 is 1.24 bits per heavy atom. The number of hydrogen-bond acceptors (Lipinski definition) is 3. The Morgan fingerprint density at radius 3 is 2.64 bits per heavy atom. The predicted octanol–water partition coefficient (Wildman–Crippen LogP) is 4.59. The molecule has 0 heterocycles. The van der Waals surface area contributed by atoms with Crippen LogP contribution in [0.1, 0.15) is 25.0 Å². The average Bonchev–Trinajstić information content (AvgIpc) is 2.57. The summed E-state index contributed by atoms with van der Waals surface area (Å²) in [4.78, 5) is 12.4. The number of carbonyl (C=O) groups is 1. The van der Waals surface area contributed by atoms with E-state index in [0.717, 1.165) is 23.4 Å². The second-order valence-electron chi connectivity index (χ2n) is 5.60. The molecule has 1 unspecified atom stereocenters. The summed E-state index contributed by atoms with van der Waals surface area (Å²) in [5, 5.41) is 6.88. The van der Waals surface area contributed by atoms with E-state index in [4.69, 9.17) is 16.3 Å². The van der Waals surface area contributed by atoms with Crippen molar-refractivity contribution in [3.8, 4) is 5.75 Å². The molecule has 0 bridgehead atoms. The van der Waals surface area contributed by atoms with Crippen LogP contribution in [0.4, 0.5) is 5.69 Å². The van der Waals surface area contributed by atoms with Gasteiger partial charge in [-0.2, -0.15) is 0 Å². The molecular formula is C19H24Cl2N2O2. The number of aryl methyl sites for hydroxylation is 1. The van der Waals surface area contributed by atoms with Crippen molar-refractivity contribution < 1.29 is 9.53 Å². The molecule has 2 rings (SSSR count). The van der Waals surface area contributed by atoms with Gasteiger partial charge in [-0.25, -0.2) is 0 Å². The Bertz CT molecular complexity index is 708. The summed E-state index contributed by atoms with van der Waals surface area (Å²) in [7, 11) is 0. The Labute approximate surface area is 160 Å². The van der Waals surface area contributed by atoms with E-state index in [1.807, 2.05) is 44.2 Å². The molecule has 0 aliphatic carbocycles. The Hall–Kier alpha value is -1.75. The predicted molar refractivity (Wildman–Crippen MR) is 106 cm³/mol. The molecule has 0 aliphatic heterocycles. The molecule has 136 valence electrons. The maximum absolute atomic E-state index is 12.4. The summed E-state index contributed by atoms with van der Waals surface area (Å²) in [6, 6.07) is 13.1. The molecule has 1 atom stereocenters. The molecule has 2 aromatic rings. The van der Waals surface area contributed by atoms with Gasteiger partial charge in [0.05, 0.1) is 0 Å². The molecule has 0 spiro atoms. The fourth-order valence-electron chi connectivity index (χ4n) is 2.24. The quantitative estimate of drug-likeness (QED) is 0.736. The zero-order valence-corrected chi connectivity index (χ0v) is 16.2. The fraction of sp³-hybridized carbons (Fsp3) is 0.316. The zero-order chi connectivity index (χ0) is 17.5. The summed E-state index contributed by atoms with van der Waals surface area (Å²) >= 11 is 6.01. The van der Waals surface area contributed by atoms with Crippen LogP contribution in [0.3, 0.4) is 0 Å². The van der Waals surface area contributed by atoms with Crippen molar-refractivity contribution in [1.82, 2.24) is 5.32 Å². The van der Waals surface area contributed by atoms with Gasteiger partial charge in [-0.15, -0.1) is 12.4 Å². The van der Waals surface area contributed by atoms with E-state index in [9.17, 15) is 4.79 Å². The summed E-state index contributed by atoms with van der Waals surface area (Å²) < 4.78 is 5.72. The summed E-state index contributed by atoms with van der Waals surface area (Å²) in [5.41, 5.74) is 2.76. The molecule has 0 fully saturated rings. The lowest BCUT2D eigenvalue weighted by Crippen LogP contribution is -2.30. The Kier molecular flexibility index (Phi) is 8.76. The van der Waals surface area contributed by atoms with Gasteiger partial charge in [-0.1, -0.05) is 36.7 Å². The topological polar surface area (TPSA) is 50.4 Å². The molecule has 0 radical (unpaired) electrons. The third-order valence-electron chi connectivity index (χ3n) is 3.65. The van der Waals surface area contributed by atoms with E-state index < -0.39 is 6.10 Å². The van der Waals surface area contributed by atoms with Crippen LogP contribution in [0.15, 0.2) is 42.5 Å². The molecule has 0 saturated carbocycles. The number of benzene rings is 2. The van der Waals surface area contributed by atoms with E-state index in [1.54, 1.807) is 19.1 Å². The molecule has 0 aliphatic rings. The summed E-state index contributed by atoms with van der Waals surface area (Å²) in [6.07, 6.45) is -0.613. The second-order valence-corrected chi connectivity index (χ2v) is 6.00. The Morgan fingerprint density at radius 2 is 1.96 bits per heavy atom. The van der Waals surface area contributed by atoms with Crippen LogP contribution in [0, 0.1) is 6.92 Å². The van der Waals surface area contributed by atoms with Crippen LogP contribution in [0.25, 0.3) is 0 Å². The van der Waals surface area contributed by atoms with Crippen molar-refractivity contribution in [2.75, 3.05) is 11.9 Å². The molecule has 0 aromatic heterocycles. The van der Waals surface area contributed by atoms with Crippen LogP contribution in [0.5, 0.6) is 5.75 Å². The maximum atomic E-state index is 12.4. The normalized spacial score (nSPS) is 11.4. The van der Waals surface area contributed by atoms with E-state index in [2.05, 4.69) is 10.6 Å². The monoisotopic (exact) mass is 382 g/mol. The zero-order valence-electron chi connectivity index (χ0n) is 14.6. The van der Waals surface area contributed by atoms with E-state index in [-0.39, 0.29) is 18.3 Å². The molecule has 0 saturated heterocycles. The number of ether oxygens (including phenoxy) is 1. The number of carbonyl (C=O) groups excluding carboxylic acids is 1. The summed E-state index contributed by atoms with van der Waals surface area (Å²) in [6.45, 7) is 7.25. The van der Waals surface area contributed by atoms with Crippen LogP contribution in [-0.4, -0.2) is 18.6 Å². The molecule has 4 nitrogen and oxygen atoms in total. The highest BCUT2D eigenvalue weighted by Gasteiger charge is 2.16. The third kappa shape index (κ3) is 6.24. The van der Waals surface area contributed by atoms with E-state index in [1.165, 1.54) is 0 Å². The minimum absolute atomic E-state index is 0. The van der Waals surface area contributed by atoms with Crippen molar-refractivity contribution in [2.45, 2.75) is 33.4 Å². The van der Waals surface area contributed by atoms with Gasteiger partial charge in [0.25, 0.3) is 5.91 Å². The molecule has 2 aromatic carbocycles. The molecule has 1 amide bonds.